The summed E-state index contributed by atoms with van der Waals surface area (Å²) in [6, 6.07) is 8.16. The van der Waals surface area contributed by atoms with Crippen LogP contribution in [0.3, 0.4) is 0 Å². The Balaban J connectivity index is 1.53. The Morgan fingerprint density at radius 2 is 2.07 bits per heavy atom. The number of hydrogen-bond donors (Lipinski definition) is 1. The molecular weight excluding hydrogens is 370 g/mol. The van der Waals surface area contributed by atoms with Crippen LogP contribution in [0.2, 0.25) is 0 Å². The zero-order valence-electron chi connectivity index (χ0n) is 16.2. The average Bonchev–Trinajstić information content (AvgIpc) is 3.24. The van der Waals surface area contributed by atoms with Gasteiger partial charge in [0, 0.05) is 23.5 Å². The summed E-state index contributed by atoms with van der Waals surface area (Å²) in [5.41, 5.74) is 4.79. The Kier molecular flexibility index (Phi) is 4.94. The lowest BCUT2D eigenvalue weighted by molar-refractivity contribution is -0.122. The highest BCUT2D eigenvalue weighted by Gasteiger charge is 2.36. The molecule has 0 radical (unpaired) electrons. The number of carbonyl (C=O) groups is 2. The van der Waals surface area contributed by atoms with Crippen LogP contribution in [0.1, 0.15) is 46.4 Å². The van der Waals surface area contributed by atoms with Gasteiger partial charge in [-0.3, -0.25) is 9.59 Å². The quantitative estimate of drug-likeness (QED) is 0.853. The minimum Gasteiger partial charge on any atom is -0.316 e. The van der Waals surface area contributed by atoms with Crippen LogP contribution in [0, 0.1) is 31.1 Å². The number of rotatable bonds is 3. The van der Waals surface area contributed by atoms with E-state index in [0.29, 0.717) is 17.1 Å². The Morgan fingerprint density at radius 3 is 2.86 bits per heavy atom. The lowest BCUT2D eigenvalue weighted by Crippen LogP contribution is -2.28. The maximum Gasteiger partial charge on any atom is 0.230 e. The van der Waals surface area contributed by atoms with Gasteiger partial charge in [-0.25, -0.2) is 0 Å². The Morgan fingerprint density at radius 1 is 1.29 bits per heavy atom. The summed E-state index contributed by atoms with van der Waals surface area (Å²) in [7, 11) is 0. The second kappa shape index (κ2) is 7.40. The fourth-order valence-electron chi connectivity index (χ4n) is 4.13. The number of benzene rings is 1. The summed E-state index contributed by atoms with van der Waals surface area (Å²) in [4.78, 5) is 28.4. The minimum absolute atomic E-state index is 0.0279. The van der Waals surface area contributed by atoms with Gasteiger partial charge in [0.25, 0.3) is 0 Å². The van der Waals surface area contributed by atoms with Crippen LogP contribution in [0.4, 0.5) is 10.7 Å². The summed E-state index contributed by atoms with van der Waals surface area (Å²) >= 11 is 1.52. The molecule has 1 fully saturated rings. The van der Waals surface area contributed by atoms with E-state index in [-0.39, 0.29) is 18.2 Å². The third kappa shape index (κ3) is 3.20. The third-order valence-electron chi connectivity index (χ3n) is 5.88. The normalized spacial score (nSPS) is 18.7. The second-order valence-electron chi connectivity index (χ2n) is 7.64. The highest BCUT2D eigenvalue weighted by Crippen LogP contribution is 2.38. The van der Waals surface area contributed by atoms with Crippen LogP contribution in [-0.2, 0) is 22.4 Å². The lowest BCUT2D eigenvalue weighted by atomic mass is 9.96. The molecule has 144 valence electrons. The maximum atomic E-state index is 12.9. The van der Waals surface area contributed by atoms with Crippen molar-refractivity contribution < 1.29 is 9.59 Å². The number of anilines is 2. The van der Waals surface area contributed by atoms with Crippen LogP contribution in [0.5, 0.6) is 0 Å². The summed E-state index contributed by atoms with van der Waals surface area (Å²) in [6.45, 7) is 4.40. The van der Waals surface area contributed by atoms with Crippen molar-refractivity contribution in [1.82, 2.24) is 0 Å². The van der Waals surface area contributed by atoms with Gasteiger partial charge in [0.15, 0.2) is 0 Å². The van der Waals surface area contributed by atoms with Gasteiger partial charge in [0.1, 0.15) is 11.1 Å². The molecule has 6 heteroatoms. The van der Waals surface area contributed by atoms with E-state index in [1.807, 2.05) is 32.0 Å². The smallest absolute Gasteiger partial charge is 0.230 e. The molecule has 28 heavy (non-hydrogen) atoms. The summed E-state index contributed by atoms with van der Waals surface area (Å²) in [6.07, 6.45) is 4.31. The van der Waals surface area contributed by atoms with Gasteiger partial charge in [-0.05, 0) is 62.3 Å². The van der Waals surface area contributed by atoms with Gasteiger partial charge in [0.05, 0.1) is 11.5 Å². The van der Waals surface area contributed by atoms with Crippen molar-refractivity contribution in [3.63, 3.8) is 0 Å². The number of nitrogens with one attached hydrogen (secondary N) is 1. The van der Waals surface area contributed by atoms with Gasteiger partial charge in [-0.2, -0.15) is 5.26 Å². The molecule has 1 saturated heterocycles. The molecule has 2 aliphatic rings. The monoisotopic (exact) mass is 393 g/mol. The molecule has 1 unspecified atom stereocenters. The second-order valence-corrected chi connectivity index (χ2v) is 8.75. The number of hydrogen-bond acceptors (Lipinski definition) is 4. The molecule has 2 amide bonds. The van der Waals surface area contributed by atoms with E-state index >= 15 is 0 Å². The molecule has 0 bridgehead atoms. The Hall–Kier alpha value is -2.65. The van der Waals surface area contributed by atoms with Crippen LogP contribution in [0.15, 0.2) is 18.2 Å². The summed E-state index contributed by atoms with van der Waals surface area (Å²) in [5.74, 6) is -0.603. The van der Waals surface area contributed by atoms with Gasteiger partial charge < -0.3 is 10.2 Å². The molecule has 4 rings (SSSR count). The molecule has 2 heterocycles. The first kappa shape index (κ1) is 18.7. The highest BCUT2D eigenvalue weighted by atomic mass is 32.1. The summed E-state index contributed by atoms with van der Waals surface area (Å²) in [5, 5.41) is 13.2. The predicted octanol–water partition coefficient (Wildman–Crippen LogP) is 4.11. The standard InChI is InChI=1S/C22H23N3O2S/c1-13-6-5-8-18(14(13)2)25-12-15(10-20(25)26)21(27)24-22-17(11-23)16-7-3-4-9-19(16)28-22/h5-6,8,15H,3-4,7,9-10,12H2,1-2H3,(H,24,27). The number of carbonyl (C=O) groups excluding carboxylic acids is 2. The van der Waals surface area contributed by atoms with Crippen molar-refractivity contribution >= 4 is 33.8 Å². The van der Waals surface area contributed by atoms with E-state index in [9.17, 15) is 14.9 Å². The first-order valence-corrected chi connectivity index (χ1v) is 10.5. The van der Waals surface area contributed by atoms with E-state index in [2.05, 4.69) is 11.4 Å². The molecule has 1 aromatic carbocycles. The Bertz CT molecular complexity index is 1000. The van der Waals surface area contributed by atoms with Crippen molar-refractivity contribution in [2.24, 2.45) is 5.92 Å². The van der Waals surface area contributed by atoms with Gasteiger partial charge in [-0.15, -0.1) is 11.3 Å². The largest absolute Gasteiger partial charge is 0.316 e. The van der Waals surface area contributed by atoms with Crippen LogP contribution >= 0.6 is 11.3 Å². The van der Waals surface area contributed by atoms with Crippen LogP contribution in [0.25, 0.3) is 0 Å². The van der Waals surface area contributed by atoms with E-state index in [1.165, 1.54) is 16.2 Å². The van der Waals surface area contributed by atoms with Crippen molar-refractivity contribution in [1.29, 1.82) is 5.26 Å². The van der Waals surface area contributed by atoms with Crippen molar-refractivity contribution in [2.45, 2.75) is 46.0 Å². The number of nitriles is 1. The topological polar surface area (TPSA) is 73.2 Å². The molecule has 1 atom stereocenters. The van der Waals surface area contributed by atoms with Crippen LogP contribution < -0.4 is 10.2 Å². The first-order valence-electron chi connectivity index (χ1n) is 9.71. The summed E-state index contributed by atoms with van der Waals surface area (Å²) < 4.78 is 0. The minimum atomic E-state index is -0.405. The van der Waals surface area contributed by atoms with E-state index in [0.717, 1.165) is 48.1 Å². The molecular formula is C22H23N3O2S. The highest BCUT2D eigenvalue weighted by molar-refractivity contribution is 7.16. The number of nitrogens with zero attached hydrogens (tertiary/aromatic N) is 2. The van der Waals surface area contributed by atoms with Gasteiger partial charge in [0.2, 0.25) is 11.8 Å². The number of fused-ring (bicyclic) bond motifs is 1. The van der Waals surface area contributed by atoms with E-state index in [1.54, 1.807) is 4.90 Å². The molecule has 5 nitrogen and oxygen atoms in total. The van der Waals surface area contributed by atoms with Gasteiger partial charge >= 0.3 is 0 Å². The fourth-order valence-corrected chi connectivity index (χ4v) is 5.37. The zero-order chi connectivity index (χ0) is 19.8. The average molecular weight is 394 g/mol. The molecule has 1 aliphatic heterocycles. The van der Waals surface area contributed by atoms with E-state index in [4.69, 9.17) is 0 Å². The molecule has 0 spiro atoms. The molecule has 0 saturated carbocycles. The van der Waals surface area contributed by atoms with Crippen molar-refractivity contribution in [2.75, 3.05) is 16.8 Å². The predicted molar refractivity (Wildman–Crippen MR) is 111 cm³/mol. The van der Waals surface area contributed by atoms with Gasteiger partial charge in [-0.1, -0.05) is 12.1 Å². The zero-order valence-corrected chi connectivity index (χ0v) is 17.0. The fraction of sp³-hybridized carbons (Fsp3) is 0.409. The molecule has 1 aliphatic carbocycles. The van der Waals surface area contributed by atoms with Crippen molar-refractivity contribution in [3.05, 3.63) is 45.3 Å². The SMILES string of the molecule is Cc1cccc(N2CC(C(=O)Nc3sc4c(c3C#N)CCCC4)CC2=O)c1C. The van der Waals surface area contributed by atoms with Crippen molar-refractivity contribution in [3.8, 4) is 6.07 Å². The number of thiophene rings is 1. The molecule has 1 aromatic heterocycles. The first-order chi connectivity index (χ1) is 13.5. The maximum absolute atomic E-state index is 12.9. The number of aryl methyl sites for hydroxylation is 2. The van der Waals surface area contributed by atoms with E-state index < -0.39 is 5.92 Å². The van der Waals surface area contributed by atoms with Crippen LogP contribution in [-0.4, -0.2) is 18.4 Å². The number of amides is 2. The molecule has 2 aromatic rings. The Labute approximate surface area is 169 Å². The third-order valence-corrected chi connectivity index (χ3v) is 7.09. The molecule has 1 N–H and O–H groups in total. The lowest BCUT2D eigenvalue weighted by Gasteiger charge is -2.20.